The molecule has 0 N–H and O–H groups in total. The first-order chi connectivity index (χ1) is 5.46. The average molecular weight is 192 g/mol. The van der Waals surface area contributed by atoms with Gasteiger partial charge in [0.25, 0.3) is 0 Å². The van der Waals surface area contributed by atoms with Crippen LogP contribution >= 0.6 is 0 Å². The van der Waals surface area contributed by atoms with Crippen LogP contribution in [0.4, 0.5) is 0 Å². The molecule has 1 heterocycles. The molecule has 0 aromatic rings. The molecule has 5 heteroatoms. The molecule has 0 spiro atoms. The maximum absolute atomic E-state index is 10.9. The van der Waals surface area contributed by atoms with Crippen molar-refractivity contribution >= 4 is 16.1 Å². The van der Waals surface area contributed by atoms with Crippen LogP contribution in [0.15, 0.2) is 0 Å². The van der Waals surface area contributed by atoms with Gasteiger partial charge in [-0.1, -0.05) is 0 Å². The topological polar surface area (TPSA) is 60.4 Å². The number of methoxy groups -OCH3 is 1. The van der Waals surface area contributed by atoms with E-state index in [0.717, 1.165) is 0 Å². The predicted molar refractivity (Wildman–Crippen MR) is 43.6 cm³/mol. The number of ether oxygens (including phenoxy) is 1. The summed E-state index contributed by atoms with van der Waals surface area (Å²) in [5, 5.41) is 0. The lowest BCUT2D eigenvalue weighted by molar-refractivity contribution is -0.121. The van der Waals surface area contributed by atoms with Crippen molar-refractivity contribution in [1.82, 2.24) is 0 Å². The van der Waals surface area contributed by atoms with E-state index in [4.69, 9.17) is 4.74 Å². The third kappa shape index (κ3) is 1.38. The Morgan fingerprint density at radius 2 is 2.00 bits per heavy atom. The van der Waals surface area contributed by atoms with E-state index in [1.165, 1.54) is 7.11 Å². The Kier molecular flexibility index (Phi) is 2.27. The molecule has 1 fully saturated rings. The lowest BCUT2D eigenvalue weighted by Gasteiger charge is -2.39. The SMILES string of the molecule is COC(C)C1(C=O)CS(=O)(=O)C1. The summed E-state index contributed by atoms with van der Waals surface area (Å²) in [6, 6.07) is 0. The first kappa shape index (κ1) is 9.67. The molecule has 0 aliphatic carbocycles. The molecule has 0 saturated carbocycles. The van der Waals surface area contributed by atoms with E-state index >= 15 is 0 Å². The largest absolute Gasteiger partial charge is 0.381 e. The summed E-state index contributed by atoms with van der Waals surface area (Å²) in [7, 11) is -1.49. The van der Waals surface area contributed by atoms with Gasteiger partial charge in [-0.2, -0.15) is 0 Å². The summed E-state index contributed by atoms with van der Waals surface area (Å²) in [4.78, 5) is 10.7. The van der Waals surface area contributed by atoms with Gasteiger partial charge < -0.3 is 9.53 Å². The minimum atomic E-state index is -2.97. The molecule has 1 aliphatic heterocycles. The zero-order chi connectivity index (χ0) is 9.41. The Balaban J connectivity index is 2.77. The Hall–Kier alpha value is -0.420. The van der Waals surface area contributed by atoms with Crippen molar-refractivity contribution in [3.63, 3.8) is 0 Å². The van der Waals surface area contributed by atoms with Crippen LogP contribution in [-0.4, -0.2) is 39.4 Å². The van der Waals surface area contributed by atoms with E-state index < -0.39 is 15.3 Å². The van der Waals surface area contributed by atoms with Crippen LogP contribution in [0.25, 0.3) is 0 Å². The highest BCUT2D eigenvalue weighted by molar-refractivity contribution is 7.93. The zero-order valence-corrected chi connectivity index (χ0v) is 7.93. The number of sulfone groups is 1. The summed E-state index contributed by atoms with van der Waals surface area (Å²) in [5.74, 6) is -0.142. The third-order valence-corrected chi connectivity index (χ3v) is 4.33. The molecule has 1 saturated heterocycles. The molecular weight excluding hydrogens is 180 g/mol. The van der Waals surface area contributed by atoms with Crippen LogP contribution in [0.2, 0.25) is 0 Å². The van der Waals surface area contributed by atoms with Crippen molar-refractivity contribution in [3.8, 4) is 0 Å². The second-order valence-electron chi connectivity index (χ2n) is 3.26. The highest BCUT2D eigenvalue weighted by Crippen LogP contribution is 2.35. The lowest BCUT2D eigenvalue weighted by atomic mass is 9.88. The normalized spacial score (nSPS) is 27.2. The van der Waals surface area contributed by atoms with E-state index in [9.17, 15) is 13.2 Å². The molecule has 0 aromatic carbocycles. The van der Waals surface area contributed by atoms with Crippen molar-refractivity contribution in [1.29, 1.82) is 0 Å². The first-order valence-corrected chi connectivity index (χ1v) is 5.47. The number of carbonyl (C=O) groups excluding carboxylic acids is 1. The molecule has 0 bridgehead atoms. The van der Waals surface area contributed by atoms with E-state index in [2.05, 4.69) is 0 Å². The first-order valence-electron chi connectivity index (χ1n) is 3.65. The fourth-order valence-corrected chi connectivity index (χ4v) is 3.57. The van der Waals surface area contributed by atoms with Gasteiger partial charge in [-0.15, -0.1) is 0 Å². The van der Waals surface area contributed by atoms with Crippen LogP contribution in [0.1, 0.15) is 6.92 Å². The van der Waals surface area contributed by atoms with Crippen molar-refractivity contribution < 1.29 is 17.9 Å². The van der Waals surface area contributed by atoms with Crippen LogP contribution in [-0.2, 0) is 19.4 Å². The van der Waals surface area contributed by atoms with E-state index in [0.29, 0.717) is 6.29 Å². The molecule has 0 amide bonds. The summed E-state index contributed by atoms with van der Waals surface area (Å²) in [6.45, 7) is 1.71. The van der Waals surface area contributed by atoms with Gasteiger partial charge in [0, 0.05) is 7.11 Å². The smallest absolute Gasteiger partial charge is 0.152 e. The summed E-state index contributed by atoms with van der Waals surface area (Å²) in [5.41, 5.74) is -0.784. The fourth-order valence-electron chi connectivity index (χ4n) is 1.41. The van der Waals surface area contributed by atoms with Gasteiger partial charge in [-0.3, -0.25) is 0 Å². The molecular formula is C7H12O4S. The van der Waals surface area contributed by atoms with Crippen molar-refractivity contribution in [2.45, 2.75) is 13.0 Å². The number of carbonyl (C=O) groups is 1. The molecule has 4 nitrogen and oxygen atoms in total. The Labute approximate surface area is 71.8 Å². The minimum absolute atomic E-state index is 0.0709. The van der Waals surface area contributed by atoms with Crippen LogP contribution in [0.3, 0.4) is 0 Å². The second-order valence-corrected chi connectivity index (χ2v) is 5.33. The highest BCUT2D eigenvalue weighted by atomic mass is 32.2. The van der Waals surface area contributed by atoms with Crippen molar-refractivity contribution in [2.75, 3.05) is 18.6 Å². The standard InChI is InChI=1S/C7H12O4S/c1-6(11-2)7(3-8)4-12(9,10)5-7/h3,6H,4-5H2,1-2H3. The average Bonchev–Trinajstić information content (AvgIpc) is 1.97. The highest BCUT2D eigenvalue weighted by Gasteiger charge is 2.52. The van der Waals surface area contributed by atoms with Crippen LogP contribution in [0, 0.1) is 5.41 Å². The summed E-state index contributed by atoms with van der Waals surface area (Å²) in [6.07, 6.45) is 0.376. The van der Waals surface area contributed by atoms with Crippen molar-refractivity contribution in [2.24, 2.45) is 5.41 Å². The molecule has 1 aliphatic rings. The molecule has 12 heavy (non-hydrogen) atoms. The zero-order valence-electron chi connectivity index (χ0n) is 7.11. The van der Waals surface area contributed by atoms with Gasteiger partial charge in [-0.05, 0) is 6.92 Å². The molecule has 0 radical (unpaired) electrons. The van der Waals surface area contributed by atoms with Crippen LogP contribution in [0.5, 0.6) is 0 Å². The predicted octanol–water partition coefficient (Wildman–Crippen LogP) is -0.365. The van der Waals surface area contributed by atoms with Gasteiger partial charge in [0.15, 0.2) is 9.84 Å². The van der Waals surface area contributed by atoms with E-state index in [-0.39, 0.29) is 17.6 Å². The minimum Gasteiger partial charge on any atom is -0.381 e. The Bertz CT molecular complexity index is 268. The van der Waals surface area contributed by atoms with Crippen LogP contribution < -0.4 is 0 Å². The molecule has 0 aromatic heterocycles. The quantitative estimate of drug-likeness (QED) is 0.573. The number of hydrogen-bond donors (Lipinski definition) is 0. The molecule has 1 atom stereocenters. The Morgan fingerprint density at radius 1 is 1.50 bits per heavy atom. The van der Waals surface area contributed by atoms with Gasteiger partial charge >= 0.3 is 0 Å². The van der Waals surface area contributed by atoms with Gasteiger partial charge in [0.2, 0.25) is 0 Å². The molecule has 1 unspecified atom stereocenters. The fraction of sp³-hybridized carbons (Fsp3) is 0.857. The number of hydrogen-bond acceptors (Lipinski definition) is 4. The monoisotopic (exact) mass is 192 g/mol. The molecule has 70 valence electrons. The van der Waals surface area contributed by atoms with E-state index in [1.807, 2.05) is 0 Å². The van der Waals surface area contributed by atoms with Gasteiger partial charge in [0.1, 0.15) is 6.29 Å². The third-order valence-electron chi connectivity index (χ3n) is 2.38. The Morgan fingerprint density at radius 3 is 2.25 bits per heavy atom. The summed E-state index contributed by atoms with van der Waals surface area (Å²) < 4.78 is 26.7. The van der Waals surface area contributed by atoms with E-state index in [1.54, 1.807) is 6.92 Å². The summed E-state index contributed by atoms with van der Waals surface area (Å²) >= 11 is 0. The molecule has 1 rings (SSSR count). The maximum Gasteiger partial charge on any atom is 0.152 e. The van der Waals surface area contributed by atoms with Gasteiger partial charge in [0.05, 0.1) is 23.0 Å². The number of aldehydes is 1. The second kappa shape index (κ2) is 2.81. The number of rotatable bonds is 3. The maximum atomic E-state index is 10.9. The van der Waals surface area contributed by atoms with Crippen molar-refractivity contribution in [3.05, 3.63) is 0 Å². The van der Waals surface area contributed by atoms with Gasteiger partial charge in [-0.25, -0.2) is 8.42 Å². The lowest BCUT2D eigenvalue weighted by Crippen LogP contribution is -2.56.